The molecular weight excluding hydrogens is 291 g/mol. The molecular formula is C8H7Br2FO. The topological polar surface area (TPSA) is 20.2 Å². The van der Waals surface area contributed by atoms with Gasteiger partial charge in [0.05, 0.1) is 0 Å². The number of alkyl halides is 3. The standard InChI is InChI=1S/C8H7Br2FO/c9-8(10,11)7(12)6-4-2-1-3-5-6/h1-5,7,12H. The molecule has 1 N–H and O–H groups in total. The summed E-state index contributed by atoms with van der Waals surface area (Å²) >= 11 is 5.36. The van der Waals surface area contributed by atoms with E-state index in [0.29, 0.717) is 5.56 Å². The molecule has 4 heteroatoms. The summed E-state index contributed by atoms with van der Waals surface area (Å²) < 4.78 is 11.1. The van der Waals surface area contributed by atoms with Crippen molar-refractivity contribution in [3.8, 4) is 0 Å². The van der Waals surface area contributed by atoms with Gasteiger partial charge < -0.3 is 5.11 Å². The van der Waals surface area contributed by atoms with E-state index >= 15 is 0 Å². The monoisotopic (exact) mass is 296 g/mol. The zero-order chi connectivity index (χ0) is 9.19. The fourth-order valence-corrected chi connectivity index (χ4v) is 1.35. The molecule has 1 nitrogen and oxygen atoms in total. The Morgan fingerprint density at radius 2 is 1.75 bits per heavy atom. The van der Waals surface area contributed by atoms with E-state index in [1.807, 2.05) is 0 Å². The van der Waals surface area contributed by atoms with Gasteiger partial charge in [-0.2, -0.15) is 0 Å². The number of aliphatic hydroxyl groups excluding tert-OH is 1. The van der Waals surface area contributed by atoms with Gasteiger partial charge in [0.25, 0.3) is 0 Å². The van der Waals surface area contributed by atoms with Gasteiger partial charge in [0.15, 0.2) is 0 Å². The van der Waals surface area contributed by atoms with Crippen LogP contribution in [0.2, 0.25) is 0 Å². The summed E-state index contributed by atoms with van der Waals surface area (Å²) in [5.74, 6) is 0. The Morgan fingerprint density at radius 1 is 1.25 bits per heavy atom. The molecule has 1 aromatic carbocycles. The highest BCUT2D eigenvalue weighted by atomic mass is 79.9. The number of halogens is 3. The second-order valence-corrected chi connectivity index (χ2v) is 5.73. The third kappa shape index (κ3) is 2.54. The van der Waals surface area contributed by atoms with Gasteiger partial charge in [-0.25, -0.2) is 4.39 Å². The van der Waals surface area contributed by atoms with Gasteiger partial charge in [-0.15, -0.1) is 0 Å². The number of rotatable bonds is 2. The number of aliphatic hydroxyl groups is 1. The SMILES string of the molecule is OC(c1ccccc1)C(F)(Br)Br. The maximum atomic E-state index is 13.1. The van der Waals surface area contributed by atoms with E-state index in [9.17, 15) is 9.50 Å². The molecule has 0 bridgehead atoms. The Bertz CT molecular complexity index is 245. The molecule has 12 heavy (non-hydrogen) atoms. The Kier molecular flexibility index (Phi) is 3.26. The molecule has 0 aliphatic rings. The molecule has 1 aromatic rings. The molecule has 66 valence electrons. The first-order chi connectivity index (χ1) is 5.52. The summed E-state index contributed by atoms with van der Waals surface area (Å²) in [6.07, 6.45) is -1.21. The first-order valence-electron chi connectivity index (χ1n) is 3.31. The minimum Gasteiger partial charge on any atom is -0.383 e. The molecule has 0 radical (unpaired) electrons. The van der Waals surface area contributed by atoms with Crippen LogP contribution in [0.4, 0.5) is 4.39 Å². The van der Waals surface area contributed by atoms with Crippen molar-refractivity contribution in [3.63, 3.8) is 0 Å². The van der Waals surface area contributed by atoms with Crippen LogP contribution in [0, 0.1) is 0 Å². The summed E-state index contributed by atoms with van der Waals surface area (Å²) in [6.45, 7) is 0. The second-order valence-electron chi connectivity index (χ2n) is 2.35. The van der Waals surface area contributed by atoms with Crippen LogP contribution in [0.5, 0.6) is 0 Å². The van der Waals surface area contributed by atoms with Gasteiger partial charge in [0, 0.05) is 0 Å². The van der Waals surface area contributed by atoms with Crippen molar-refractivity contribution >= 4 is 31.9 Å². The minimum atomic E-state index is -1.96. The van der Waals surface area contributed by atoms with E-state index < -0.39 is 9.59 Å². The summed E-state index contributed by atoms with van der Waals surface area (Å²) in [5, 5.41) is 9.39. The molecule has 0 saturated carbocycles. The van der Waals surface area contributed by atoms with Crippen molar-refractivity contribution in [1.29, 1.82) is 0 Å². The molecule has 1 rings (SSSR count). The summed E-state index contributed by atoms with van der Waals surface area (Å²) in [4.78, 5) is 0. The van der Waals surface area contributed by atoms with Crippen molar-refractivity contribution < 1.29 is 9.50 Å². The lowest BCUT2D eigenvalue weighted by Gasteiger charge is -2.17. The fourth-order valence-electron chi connectivity index (χ4n) is 0.824. The molecule has 0 fully saturated rings. The number of benzene rings is 1. The third-order valence-electron chi connectivity index (χ3n) is 1.43. The minimum absolute atomic E-state index is 0.522. The van der Waals surface area contributed by atoms with Crippen molar-refractivity contribution in [3.05, 3.63) is 35.9 Å². The maximum absolute atomic E-state index is 13.1. The van der Waals surface area contributed by atoms with Gasteiger partial charge in [-0.3, -0.25) is 0 Å². The second kappa shape index (κ2) is 3.85. The predicted molar refractivity (Wildman–Crippen MR) is 53.1 cm³/mol. The molecule has 0 amide bonds. The highest BCUT2D eigenvalue weighted by Gasteiger charge is 2.32. The van der Waals surface area contributed by atoms with Crippen LogP contribution in [0.25, 0.3) is 0 Å². The Hall–Kier alpha value is 0.0700. The van der Waals surface area contributed by atoms with Crippen molar-refractivity contribution in [2.45, 2.75) is 9.59 Å². The van der Waals surface area contributed by atoms with E-state index in [-0.39, 0.29) is 0 Å². The highest BCUT2D eigenvalue weighted by Crippen LogP contribution is 2.40. The average molecular weight is 298 g/mol. The van der Waals surface area contributed by atoms with E-state index in [1.54, 1.807) is 30.3 Å². The van der Waals surface area contributed by atoms with Crippen LogP contribution >= 0.6 is 31.9 Å². The number of hydrogen-bond donors (Lipinski definition) is 1. The zero-order valence-electron chi connectivity index (χ0n) is 6.05. The van der Waals surface area contributed by atoms with Crippen LogP contribution < -0.4 is 0 Å². The molecule has 1 unspecified atom stereocenters. The molecule has 0 heterocycles. The fraction of sp³-hybridized carbons (Fsp3) is 0.250. The van der Waals surface area contributed by atoms with Crippen LogP contribution in [0.1, 0.15) is 11.7 Å². The lowest BCUT2D eigenvalue weighted by Crippen LogP contribution is -2.15. The van der Waals surface area contributed by atoms with E-state index in [0.717, 1.165) is 0 Å². The van der Waals surface area contributed by atoms with Gasteiger partial charge >= 0.3 is 0 Å². The first-order valence-corrected chi connectivity index (χ1v) is 4.90. The van der Waals surface area contributed by atoms with Crippen LogP contribution in [0.3, 0.4) is 0 Å². The van der Waals surface area contributed by atoms with Crippen molar-refractivity contribution in [1.82, 2.24) is 0 Å². The Morgan fingerprint density at radius 3 is 2.17 bits per heavy atom. The molecule has 0 saturated heterocycles. The van der Waals surface area contributed by atoms with Crippen LogP contribution in [-0.2, 0) is 0 Å². The molecule has 1 atom stereocenters. The Balaban J connectivity index is 2.86. The number of hydrogen-bond acceptors (Lipinski definition) is 1. The normalized spacial score (nSPS) is 14.3. The largest absolute Gasteiger partial charge is 0.383 e. The van der Waals surface area contributed by atoms with Gasteiger partial charge in [-0.1, -0.05) is 30.3 Å². The highest BCUT2D eigenvalue weighted by molar-refractivity contribution is 9.25. The molecule has 0 aliphatic carbocycles. The van der Waals surface area contributed by atoms with Gasteiger partial charge in [0.2, 0.25) is 3.49 Å². The average Bonchev–Trinajstić information content (AvgIpc) is 2.03. The summed E-state index contributed by atoms with van der Waals surface area (Å²) in [7, 11) is 0. The molecule has 0 spiro atoms. The first kappa shape index (κ1) is 10.2. The van der Waals surface area contributed by atoms with E-state index in [2.05, 4.69) is 31.9 Å². The maximum Gasteiger partial charge on any atom is 0.248 e. The van der Waals surface area contributed by atoms with Crippen LogP contribution in [-0.4, -0.2) is 8.59 Å². The van der Waals surface area contributed by atoms with E-state index in [1.165, 1.54) is 0 Å². The van der Waals surface area contributed by atoms with E-state index in [4.69, 9.17) is 0 Å². The predicted octanol–water partition coefficient (Wildman–Crippen LogP) is 3.13. The summed E-state index contributed by atoms with van der Waals surface area (Å²) in [6, 6.07) is 8.59. The lowest BCUT2D eigenvalue weighted by molar-refractivity contribution is 0.114. The molecule has 0 aromatic heterocycles. The van der Waals surface area contributed by atoms with Crippen molar-refractivity contribution in [2.24, 2.45) is 0 Å². The zero-order valence-corrected chi connectivity index (χ0v) is 9.22. The van der Waals surface area contributed by atoms with Crippen LogP contribution in [0.15, 0.2) is 30.3 Å². The Labute approximate surface area is 86.9 Å². The third-order valence-corrected chi connectivity index (χ3v) is 2.29. The smallest absolute Gasteiger partial charge is 0.248 e. The van der Waals surface area contributed by atoms with Crippen molar-refractivity contribution in [2.75, 3.05) is 0 Å². The molecule has 0 aliphatic heterocycles. The van der Waals surface area contributed by atoms with Gasteiger partial charge in [0.1, 0.15) is 6.10 Å². The summed E-state index contributed by atoms with van der Waals surface area (Å²) in [5.41, 5.74) is 0.522. The van der Waals surface area contributed by atoms with Gasteiger partial charge in [-0.05, 0) is 37.4 Å². The lowest BCUT2D eigenvalue weighted by atomic mass is 10.1. The quantitative estimate of drug-likeness (QED) is 0.832.